The number of hydrogen-bond donors (Lipinski definition) is 1. The first-order valence-corrected chi connectivity index (χ1v) is 6.37. The van der Waals surface area contributed by atoms with Crippen LogP contribution in [0, 0.1) is 5.41 Å². The van der Waals surface area contributed by atoms with Crippen LogP contribution in [0.1, 0.15) is 23.8 Å². The van der Waals surface area contributed by atoms with Crippen molar-refractivity contribution in [3.63, 3.8) is 0 Å². The molecule has 0 aromatic carbocycles. The summed E-state index contributed by atoms with van der Waals surface area (Å²) in [6.45, 7) is 2.29. The fourth-order valence-corrected chi connectivity index (χ4v) is 2.15. The molecule has 0 bridgehead atoms. The quantitative estimate of drug-likeness (QED) is 0.865. The zero-order chi connectivity index (χ0) is 14.9. The van der Waals surface area contributed by atoms with Gasteiger partial charge in [-0.15, -0.1) is 10.2 Å². The van der Waals surface area contributed by atoms with Crippen LogP contribution >= 0.6 is 0 Å². The highest BCUT2D eigenvalue weighted by Crippen LogP contribution is 2.30. The molecule has 1 aromatic heterocycles. The number of carboxylic acid groups (broad SMARTS) is 1. The lowest BCUT2D eigenvalue weighted by atomic mass is 9.90. The monoisotopic (exact) mass is 278 g/mol. The number of likely N-dealkylation sites (tertiary alicyclic amines) is 1. The van der Waals surface area contributed by atoms with Gasteiger partial charge >= 0.3 is 5.97 Å². The second-order valence-corrected chi connectivity index (χ2v) is 5.51. The maximum Gasteiger partial charge on any atom is 0.311 e. The summed E-state index contributed by atoms with van der Waals surface area (Å²) in [5.74, 6) is -0.479. The molecule has 2 rings (SSSR count). The zero-order valence-electron chi connectivity index (χ0n) is 11.8. The summed E-state index contributed by atoms with van der Waals surface area (Å²) < 4.78 is 0. The van der Waals surface area contributed by atoms with Crippen LogP contribution in [-0.2, 0) is 4.79 Å². The van der Waals surface area contributed by atoms with Crippen LogP contribution in [0.25, 0.3) is 0 Å². The molecular formula is C13H18N4O3. The van der Waals surface area contributed by atoms with E-state index in [1.807, 2.05) is 14.1 Å². The molecule has 0 spiro atoms. The van der Waals surface area contributed by atoms with E-state index in [-0.39, 0.29) is 18.1 Å². The number of carbonyl (C=O) groups excluding carboxylic acids is 1. The summed E-state index contributed by atoms with van der Waals surface area (Å²) in [5, 5.41) is 17.0. The first-order valence-electron chi connectivity index (χ1n) is 6.37. The van der Waals surface area contributed by atoms with E-state index in [1.165, 1.54) is 4.90 Å². The number of aromatic nitrogens is 2. The minimum absolute atomic E-state index is 0.207. The molecule has 7 nitrogen and oxygen atoms in total. The van der Waals surface area contributed by atoms with Crippen LogP contribution in [0.4, 0.5) is 5.82 Å². The number of carboxylic acids is 1. The average Bonchev–Trinajstić information content (AvgIpc) is 2.82. The molecule has 1 unspecified atom stereocenters. The van der Waals surface area contributed by atoms with Crippen LogP contribution in [0.5, 0.6) is 0 Å². The molecule has 20 heavy (non-hydrogen) atoms. The lowest BCUT2D eigenvalue weighted by molar-refractivity contribution is -0.147. The van der Waals surface area contributed by atoms with Crippen molar-refractivity contribution >= 4 is 17.7 Å². The smallest absolute Gasteiger partial charge is 0.311 e. The fourth-order valence-electron chi connectivity index (χ4n) is 2.15. The van der Waals surface area contributed by atoms with Gasteiger partial charge in [-0.05, 0) is 25.5 Å². The van der Waals surface area contributed by atoms with Gasteiger partial charge in [-0.3, -0.25) is 9.59 Å². The van der Waals surface area contributed by atoms with E-state index in [2.05, 4.69) is 10.2 Å². The van der Waals surface area contributed by atoms with Gasteiger partial charge in [-0.2, -0.15) is 0 Å². The van der Waals surface area contributed by atoms with Gasteiger partial charge in [0.15, 0.2) is 11.5 Å². The first kappa shape index (κ1) is 14.2. The molecular weight excluding hydrogens is 260 g/mol. The Morgan fingerprint density at radius 1 is 1.35 bits per heavy atom. The van der Waals surface area contributed by atoms with Gasteiger partial charge < -0.3 is 14.9 Å². The van der Waals surface area contributed by atoms with Crippen molar-refractivity contribution in [1.29, 1.82) is 0 Å². The minimum atomic E-state index is -0.873. The van der Waals surface area contributed by atoms with Gasteiger partial charge in [0.05, 0.1) is 5.41 Å². The van der Waals surface area contributed by atoms with Crippen LogP contribution in [0.2, 0.25) is 0 Å². The second kappa shape index (κ2) is 5.07. The molecule has 108 valence electrons. The Kier molecular flexibility index (Phi) is 3.61. The molecule has 1 aliphatic heterocycles. The predicted molar refractivity (Wildman–Crippen MR) is 72.6 cm³/mol. The molecule has 1 aromatic rings. The number of hydrogen-bond acceptors (Lipinski definition) is 5. The Morgan fingerprint density at radius 2 is 2.05 bits per heavy atom. The normalized spacial score (nSPS) is 21.9. The van der Waals surface area contributed by atoms with Crippen LogP contribution in [0.3, 0.4) is 0 Å². The highest BCUT2D eigenvalue weighted by atomic mass is 16.4. The second-order valence-electron chi connectivity index (χ2n) is 5.51. The number of anilines is 1. The van der Waals surface area contributed by atoms with Gasteiger partial charge in [-0.25, -0.2) is 0 Å². The van der Waals surface area contributed by atoms with Crippen LogP contribution in [0.15, 0.2) is 12.1 Å². The fraction of sp³-hybridized carbons (Fsp3) is 0.538. The number of carbonyl (C=O) groups is 2. The van der Waals surface area contributed by atoms with E-state index >= 15 is 0 Å². The molecule has 0 radical (unpaired) electrons. The third-order valence-corrected chi connectivity index (χ3v) is 3.60. The molecule has 1 aliphatic rings. The molecule has 1 N–H and O–H groups in total. The van der Waals surface area contributed by atoms with Crippen LogP contribution in [-0.4, -0.2) is 59.3 Å². The number of aliphatic carboxylic acids is 1. The van der Waals surface area contributed by atoms with E-state index in [9.17, 15) is 9.59 Å². The Morgan fingerprint density at radius 3 is 2.50 bits per heavy atom. The Balaban J connectivity index is 2.11. The van der Waals surface area contributed by atoms with Crippen molar-refractivity contribution in [1.82, 2.24) is 15.1 Å². The lowest BCUT2D eigenvalue weighted by Gasteiger charge is -2.19. The summed E-state index contributed by atoms with van der Waals surface area (Å²) in [4.78, 5) is 26.7. The topological polar surface area (TPSA) is 86.6 Å². The third kappa shape index (κ3) is 2.56. The largest absolute Gasteiger partial charge is 0.481 e. The van der Waals surface area contributed by atoms with Crippen molar-refractivity contribution in [2.45, 2.75) is 13.3 Å². The molecule has 0 aliphatic carbocycles. The Hall–Kier alpha value is -2.18. The first-order chi connectivity index (χ1) is 9.33. The SMILES string of the molecule is CN(C)c1ccc(C(=O)N2CCC(C)(C(=O)O)C2)nn1. The summed E-state index contributed by atoms with van der Waals surface area (Å²) >= 11 is 0. The van der Waals surface area contributed by atoms with Crippen molar-refractivity contribution in [3.05, 3.63) is 17.8 Å². The van der Waals surface area contributed by atoms with Gasteiger partial charge in [-0.1, -0.05) is 0 Å². The molecule has 1 fully saturated rings. The van der Waals surface area contributed by atoms with Crippen molar-refractivity contribution < 1.29 is 14.7 Å². The molecule has 1 saturated heterocycles. The summed E-state index contributed by atoms with van der Waals surface area (Å²) in [7, 11) is 3.68. The number of rotatable bonds is 3. The van der Waals surface area contributed by atoms with E-state index in [0.29, 0.717) is 18.8 Å². The van der Waals surface area contributed by atoms with Gasteiger partial charge in [0.2, 0.25) is 0 Å². The molecule has 2 heterocycles. The van der Waals surface area contributed by atoms with Gasteiger partial charge in [0.25, 0.3) is 5.91 Å². The summed E-state index contributed by atoms with van der Waals surface area (Å²) in [6, 6.07) is 3.33. The molecule has 1 atom stereocenters. The summed E-state index contributed by atoms with van der Waals surface area (Å²) in [5.41, 5.74) is -0.627. The highest BCUT2D eigenvalue weighted by Gasteiger charge is 2.42. The Bertz CT molecular complexity index is 529. The van der Waals surface area contributed by atoms with Crippen LogP contribution < -0.4 is 4.90 Å². The standard InChI is InChI=1S/C13H18N4O3/c1-13(12(19)20)6-7-17(8-13)11(18)9-4-5-10(15-14-9)16(2)3/h4-5H,6-8H2,1-3H3,(H,19,20). The van der Waals surface area contributed by atoms with Gasteiger partial charge in [0.1, 0.15) is 0 Å². The third-order valence-electron chi connectivity index (χ3n) is 3.60. The Labute approximate surface area is 117 Å². The van der Waals surface area contributed by atoms with E-state index in [0.717, 1.165) is 0 Å². The predicted octanol–water partition coefficient (Wildman–Crippen LogP) is 0.479. The van der Waals surface area contributed by atoms with Crippen molar-refractivity contribution in [2.24, 2.45) is 5.41 Å². The zero-order valence-corrected chi connectivity index (χ0v) is 11.8. The maximum absolute atomic E-state index is 12.3. The maximum atomic E-state index is 12.3. The highest BCUT2D eigenvalue weighted by molar-refractivity contribution is 5.93. The van der Waals surface area contributed by atoms with E-state index < -0.39 is 11.4 Å². The minimum Gasteiger partial charge on any atom is -0.481 e. The van der Waals surface area contributed by atoms with Gasteiger partial charge in [0, 0.05) is 27.2 Å². The number of amides is 1. The average molecular weight is 278 g/mol. The molecule has 0 saturated carbocycles. The van der Waals surface area contributed by atoms with E-state index in [1.54, 1.807) is 24.0 Å². The summed E-state index contributed by atoms with van der Waals surface area (Å²) in [6.07, 6.45) is 0.456. The van der Waals surface area contributed by atoms with E-state index in [4.69, 9.17) is 5.11 Å². The van der Waals surface area contributed by atoms with Crippen molar-refractivity contribution in [3.8, 4) is 0 Å². The van der Waals surface area contributed by atoms with Crippen molar-refractivity contribution in [2.75, 3.05) is 32.1 Å². The molecule has 1 amide bonds. The molecule has 7 heteroatoms. The lowest BCUT2D eigenvalue weighted by Crippen LogP contribution is -2.35. The number of nitrogens with zero attached hydrogens (tertiary/aromatic N) is 4.